The Morgan fingerprint density at radius 1 is 0.553 bits per heavy atom. The molecule has 0 aliphatic heterocycles. The van der Waals surface area contributed by atoms with E-state index in [4.69, 9.17) is 20.4 Å². The minimum Gasteiger partial charge on any atom is -0.619 e. The molecule has 0 bridgehead atoms. The maximum atomic E-state index is 10.6. The highest BCUT2D eigenvalue weighted by atomic mass is 16.6. The van der Waals surface area contributed by atoms with Crippen LogP contribution in [-0.4, -0.2) is 30.3 Å². The van der Waals surface area contributed by atoms with E-state index in [2.05, 4.69) is 0 Å². The monoisotopic (exact) mass is 528 g/mol. The summed E-state index contributed by atoms with van der Waals surface area (Å²) in [6, 6.07) is 13.8. The molecule has 2 heterocycles. The largest absolute Gasteiger partial charge is 0.619 e. The number of aryl methyl sites for hydroxylation is 2. The van der Waals surface area contributed by atoms with E-state index in [9.17, 15) is 30.6 Å². The lowest BCUT2D eigenvalue weighted by atomic mass is 10.3. The molecule has 0 amide bonds. The van der Waals surface area contributed by atoms with Crippen LogP contribution < -0.4 is 9.46 Å². The summed E-state index contributed by atoms with van der Waals surface area (Å²) in [6.45, 7) is 3.04. The molecule has 0 unspecified atom stereocenters. The molecule has 2 aromatic heterocycles. The number of aromatic hydroxyl groups is 4. The molecule has 0 atom stereocenters. The molecule has 4 N–H and O–H groups in total. The topological polar surface area (TPSA) is 221 Å². The summed E-state index contributed by atoms with van der Waals surface area (Å²) in [7, 11) is 0. The molecule has 4 aromatic rings. The quantitative estimate of drug-likeness (QED) is 0.0977. The van der Waals surface area contributed by atoms with E-state index < -0.39 is 9.85 Å². The lowest BCUT2D eigenvalue weighted by Gasteiger charge is -1.96. The molecule has 0 radical (unpaired) electrons. The summed E-state index contributed by atoms with van der Waals surface area (Å²) in [4.78, 5) is 19.4. The molecular weight excluding hydrogens is 504 g/mol. The number of aromatic nitrogens is 2. The van der Waals surface area contributed by atoms with Crippen molar-refractivity contribution in [3.8, 4) is 23.0 Å². The fourth-order valence-corrected chi connectivity index (χ4v) is 2.47. The predicted molar refractivity (Wildman–Crippen MR) is 133 cm³/mol. The van der Waals surface area contributed by atoms with Gasteiger partial charge < -0.3 is 30.8 Å². The van der Waals surface area contributed by atoms with Crippen molar-refractivity contribution in [1.29, 1.82) is 0 Å². The first-order valence-electron chi connectivity index (χ1n) is 10.4. The average Bonchev–Trinajstić information content (AvgIpc) is 2.83. The van der Waals surface area contributed by atoms with Crippen molar-refractivity contribution in [2.75, 3.05) is 0 Å². The van der Waals surface area contributed by atoms with Crippen LogP contribution in [0.2, 0.25) is 0 Å². The van der Waals surface area contributed by atoms with Gasteiger partial charge in [-0.2, -0.15) is 9.46 Å². The van der Waals surface area contributed by atoms with Gasteiger partial charge >= 0.3 is 0 Å². The zero-order chi connectivity index (χ0) is 28.8. The molecule has 14 heteroatoms. The highest BCUT2D eigenvalue weighted by molar-refractivity contribution is 5.34. The van der Waals surface area contributed by atoms with Crippen molar-refractivity contribution in [3.05, 3.63) is 127 Å². The molecule has 0 spiro atoms. The second kappa shape index (κ2) is 14.7. The summed E-state index contributed by atoms with van der Waals surface area (Å²) in [6.07, 6.45) is 4.53. The average molecular weight is 528 g/mol. The van der Waals surface area contributed by atoms with Crippen LogP contribution in [0.25, 0.3) is 0 Å². The van der Waals surface area contributed by atoms with Crippen molar-refractivity contribution in [2.45, 2.75) is 13.8 Å². The summed E-state index contributed by atoms with van der Waals surface area (Å²) in [5, 5.41) is 76.2. The Kier molecular flexibility index (Phi) is 11.7. The second-order valence-corrected chi connectivity index (χ2v) is 7.29. The van der Waals surface area contributed by atoms with Gasteiger partial charge in [-0.3, -0.25) is 20.2 Å². The summed E-state index contributed by atoms with van der Waals surface area (Å²) >= 11 is 0. The smallest absolute Gasteiger partial charge is 0.284 e. The van der Waals surface area contributed by atoms with E-state index >= 15 is 0 Å². The van der Waals surface area contributed by atoms with E-state index in [0.29, 0.717) is 20.6 Å². The molecule has 38 heavy (non-hydrogen) atoms. The highest BCUT2D eigenvalue weighted by Gasteiger charge is 2.12. The van der Waals surface area contributed by atoms with Crippen LogP contribution in [0.3, 0.4) is 0 Å². The molecule has 2 aromatic carbocycles. The van der Waals surface area contributed by atoms with E-state index in [1.54, 1.807) is 0 Å². The van der Waals surface area contributed by atoms with Gasteiger partial charge in [-0.1, -0.05) is 0 Å². The van der Waals surface area contributed by atoms with Gasteiger partial charge in [-0.05, 0) is 62.4 Å². The molecule has 0 saturated heterocycles. The third kappa shape index (κ3) is 11.2. The van der Waals surface area contributed by atoms with Gasteiger partial charge in [-0.15, -0.1) is 0 Å². The zero-order valence-corrected chi connectivity index (χ0v) is 20.1. The van der Waals surface area contributed by atoms with Crippen molar-refractivity contribution in [1.82, 2.24) is 0 Å². The molecule has 0 aliphatic carbocycles. The lowest BCUT2D eigenvalue weighted by molar-refractivity contribution is -0.606. The second-order valence-electron chi connectivity index (χ2n) is 7.29. The van der Waals surface area contributed by atoms with Crippen molar-refractivity contribution in [2.24, 2.45) is 0 Å². The Morgan fingerprint density at radius 3 is 0.974 bits per heavy atom. The number of phenolic OH excluding ortho intramolecular Hbond substituents is 4. The minimum atomic E-state index is -0.519. The van der Waals surface area contributed by atoms with E-state index in [0.717, 1.165) is 24.8 Å². The fraction of sp³-hybridized carbons (Fsp3) is 0.0833. The van der Waals surface area contributed by atoms with Gasteiger partial charge in [0.2, 0.25) is 0 Å². The molecule has 200 valence electrons. The number of nitro groups is 2. The zero-order valence-electron chi connectivity index (χ0n) is 20.1. The molecule has 14 nitrogen and oxygen atoms in total. The number of nitrogens with zero attached hydrogens (tertiary/aromatic N) is 4. The van der Waals surface area contributed by atoms with Gasteiger partial charge in [0.25, 0.3) is 11.4 Å². The van der Waals surface area contributed by atoms with Crippen LogP contribution in [0.15, 0.2) is 85.5 Å². The fourth-order valence-electron chi connectivity index (χ4n) is 2.47. The molecule has 0 aliphatic rings. The van der Waals surface area contributed by atoms with Crippen molar-refractivity contribution in [3.63, 3.8) is 0 Å². The Hall–Kier alpha value is -5.66. The van der Waals surface area contributed by atoms with E-state index in [1.165, 1.54) is 74.5 Å². The number of hydrogen-bond donors (Lipinski definition) is 4. The first-order chi connectivity index (χ1) is 17.8. The maximum Gasteiger partial charge on any atom is 0.284 e. The SMILES string of the molecule is Cc1c[n+]([O-])ccc1[N+](=O)[O-].Cc1c[n+]([O-])ccc1[N+](=O)[O-].Oc1ccc(O)cc1.Oc1ccc(O)cc1. The summed E-state index contributed by atoms with van der Waals surface area (Å²) in [5.41, 5.74) is 0.675. The Morgan fingerprint density at radius 2 is 0.789 bits per heavy atom. The maximum absolute atomic E-state index is 10.6. The van der Waals surface area contributed by atoms with Gasteiger partial charge in [0.1, 0.15) is 23.0 Å². The number of pyridine rings is 2. The first-order valence-corrected chi connectivity index (χ1v) is 10.4. The Labute approximate surface area is 215 Å². The molecule has 0 saturated carbocycles. The molecule has 4 rings (SSSR count). The van der Waals surface area contributed by atoms with Crippen molar-refractivity contribution >= 4 is 11.4 Å². The van der Waals surface area contributed by atoms with Crippen LogP contribution in [-0.2, 0) is 0 Å². The first kappa shape index (κ1) is 30.4. The van der Waals surface area contributed by atoms with Gasteiger partial charge in [0, 0.05) is 0 Å². The highest BCUT2D eigenvalue weighted by Crippen LogP contribution is 2.15. The number of phenols is 4. The normalized spacial score (nSPS) is 9.32. The van der Waals surface area contributed by atoms with Crippen LogP contribution in [0.5, 0.6) is 23.0 Å². The van der Waals surface area contributed by atoms with Crippen molar-refractivity contribution < 1.29 is 39.7 Å². The van der Waals surface area contributed by atoms with Gasteiger partial charge in [0.15, 0.2) is 24.8 Å². The van der Waals surface area contributed by atoms with Crippen LogP contribution in [0.4, 0.5) is 11.4 Å². The van der Waals surface area contributed by atoms with Gasteiger partial charge in [0.05, 0.1) is 33.1 Å². The minimum absolute atomic E-state index is 0.0305. The van der Waals surface area contributed by atoms with Crippen LogP contribution in [0, 0.1) is 44.5 Å². The van der Waals surface area contributed by atoms with E-state index in [-0.39, 0.29) is 34.4 Å². The summed E-state index contributed by atoms with van der Waals surface area (Å²) < 4.78 is 1.06. The van der Waals surface area contributed by atoms with E-state index in [1.807, 2.05) is 0 Å². The summed E-state index contributed by atoms with van der Waals surface area (Å²) in [5.74, 6) is 0.677. The number of rotatable bonds is 2. The standard InChI is InChI=1S/2C6H6N2O3.2C6H6O2/c2*1-5-4-7(9)3-2-6(5)8(10)11;2*7-5-1-2-6(8)4-3-5/h2*2-4H,1H3;2*1-4,7-8H. The van der Waals surface area contributed by atoms with Crippen LogP contribution >= 0.6 is 0 Å². The van der Waals surface area contributed by atoms with Crippen LogP contribution in [0.1, 0.15) is 11.1 Å². The molecular formula is C24H24N4O10. The predicted octanol–water partition coefficient (Wildman–Crippen LogP) is 3.27. The van der Waals surface area contributed by atoms with Gasteiger partial charge in [-0.25, -0.2) is 0 Å². The lowest BCUT2D eigenvalue weighted by Crippen LogP contribution is -2.24. The Bertz CT molecular complexity index is 1200. The number of benzene rings is 2. The third-order valence-corrected chi connectivity index (χ3v) is 4.30. The Balaban J connectivity index is 0.000000256. The molecule has 0 fully saturated rings. The third-order valence-electron chi connectivity index (χ3n) is 4.30. The number of hydrogen-bond acceptors (Lipinski definition) is 10.